The maximum atomic E-state index is 11.7. The molecule has 0 unspecified atom stereocenters. The van der Waals surface area contributed by atoms with Crippen molar-refractivity contribution in [3.63, 3.8) is 0 Å². The van der Waals surface area contributed by atoms with E-state index in [1.54, 1.807) is 0 Å². The molecule has 0 aliphatic carbocycles. The molecule has 0 aromatic heterocycles. The first-order chi connectivity index (χ1) is 7.95. The minimum absolute atomic E-state index is 0.0613. The summed E-state index contributed by atoms with van der Waals surface area (Å²) in [5.41, 5.74) is 0. The van der Waals surface area contributed by atoms with Crippen LogP contribution < -0.4 is 0 Å². The second-order valence-corrected chi connectivity index (χ2v) is 6.01. The summed E-state index contributed by atoms with van der Waals surface area (Å²) in [5.74, 6) is -1.45. The van der Waals surface area contributed by atoms with Crippen molar-refractivity contribution in [2.24, 2.45) is 0 Å². The largest absolute Gasteiger partial charge is 0.481 e. The van der Waals surface area contributed by atoms with Gasteiger partial charge in [-0.25, -0.2) is 8.42 Å². The predicted octanol–water partition coefficient (Wildman–Crippen LogP) is -1.60. The molecule has 0 saturated carbocycles. The van der Waals surface area contributed by atoms with Crippen LogP contribution in [0.15, 0.2) is 0 Å². The number of aliphatic hydroxyl groups excluding tert-OH is 1. The SMILES string of the molecule is O=C(O)CCS(=O)(=O)N1CCN(CCO)CC1. The quantitative estimate of drug-likeness (QED) is 0.601. The molecule has 2 N–H and O–H groups in total. The number of carboxylic acid groups (broad SMARTS) is 1. The topological polar surface area (TPSA) is 98.1 Å². The molecule has 1 aliphatic rings. The lowest BCUT2D eigenvalue weighted by Crippen LogP contribution is -2.49. The fraction of sp³-hybridized carbons (Fsp3) is 0.889. The summed E-state index contributed by atoms with van der Waals surface area (Å²) in [6.45, 7) is 2.48. The number of carbonyl (C=O) groups is 1. The molecule has 0 spiro atoms. The Morgan fingerprint density at radius 3 is 2.24 bits per heavy atom. The van der Waals surface area contributed by atoms with Gasteiger partial charge in [-0.05, 0) is 0 Å². The molecule has 0 amide bonds. The first kappa shape index (κ1) is 14.4. The molecule has 100 valence electrons. The number of sulfonamides is 1. The highest BCUT2D eigenvalue weighted by molar-refractivity contribution is 7.89. The van der Waals surface area contributed by atoms with E-state index in [9.17, 15) is 13.2 Å². The highest BCUT2D eigenvalue weighted by Crippen LogP contribution is 2.08. The van der Waals surface area contributed by atoms with E-state index in [4.69, 9.17) is 10.2 Å². The van der Waals surface area contributed by atoms with E-state index in [0.717, 1.165) is 0 Å². The van der Waals surface area contributed by atoms with Crippen molar-refractivity contribution in [1.29, 1.82) is 0 Å². The van der Waals surface area contributed by atoms with Crippen molar-refractivity contribution < 1.29 is 23.4 Å². The van der Waals surface area contributed by atoms with Crippen molar-refractivity contribution in [1.82, 2.24) is 9.21 Å². The summed E-state index contributed by atoms with van der Waals surface area (Å²) in [7, 11) is -3.45. The van der Waals surface area contributed by atoms with Crippen molar-refractivity contribution >= 4 is 16.0 Å². The lowest BCUT2D eigenvalue weighted by Gasteiger charge is -2.33. The number of aliphatic hydroxyl groups is 1. The van der Waals surface area contributed by atoms with Crippen LogP contribution in [0.1, 0.15) is 6.42 Å². The zero-order valence-corrected chi connectivity index (χ0v) is 10.4. The van der Waals surface area contributed by atoms with E-state index >= 15 is 0 Å². The van der Waals surface area contributed by atoms with Crippen LogP contribution in [0, 0.1) is 0 Å². The van der Waals surface area contributed by atoms with Crippen molar-refractivity contribution in [2.45, 2.75) is 6.42 Å². The normalized spacial score (nSPS) is 19.4. The molecule has 0 bridgehead atoms. The van der Waals surface area contributed by atoms with Gasteiger partial charge in [-0.15, -0.1) is 0 Å². The van der Waals surface area contributed by atoms with E-state index in [1.165, 1.54) is 4.31 Å². The van der Waals surface area contributed by atoms with E-state index < -0.39 is 16.0 Å². The standard InChI is InChI=1S/C9H18N2O5S/c12-7-6-10-2-4-11(5-3-10)17(15,16)8-1-9(13)14/h12H,1-8H2,(H,13,14). The van der Waals surface area contributed by atoms with Crippen LogP contribution in [0.25, 0.3) is 0 Å². The van der Waals surface area contributed by atoms with Gasteiger partial charge in [0.15, 0.2) is 0 Å². The number of hydrogen-bond donors (Lipinski definition) is 2. The Balaban J connectivity index is 2.44. The molecule has 0 aromatic rings. The van der Waals surface area contributed by atoms with Crippen molar-refractivity contribution in [3.8, 4) is 0 Å². The molecule has 0 atom stereocenters. The zero-order valence-electron chi connectivity index (χ0n) is 9.58. The summed E-state index contributed by atoms with van der Waals surface area (Å²) < 4.78 is 24.8. The third-order valence-electron chi connectivity index (χ3n) is 2.71. The number of nitrogens with zero attached hydrogens (tertiary/aromatic N) is 2. The van der Waals surface area contributed by atoms with E-state index in [-0.39, 0.29) is 18.8 Å². The van der Waals surface area contributed by atoms with Crippen molar-refractivity contribution in [3.05, 3.63) is 0 Å². The average Bonchev–Trinajstić information content (AvgIpc) is 2.28. The van der Waals surface area contributed by atoms with Crippen LogP contribution in [0.2, 0.25) is 0 Å². The maximum absolute atomic E-state index is 11.7. The van der Waals surface area contributed by atoms with Crippen LogP contribution >= 0.6 is 0 Å². The monoisotopic (exact) mass is 266 g/mol. The Morgan fingerprint density at radius 1 is 1.18 bits per heavy atom. The van der Waals surface area contributed by atoms with Gasteiger partial charge in [0.2, 0.25) is 10.0 Å². The highest BCUT2D eigenvalue weighted by atomic mass is 32.2. The minimum atomic E-state index is -3.45. The molecule has 17 heavy (non-hydrogen) atoms. The van der Waals surface area contributed by atoms with Gasteiger partial charge in [-0.1, -0.05) is 0 Å². The molecule has 1 fully saturated rings. The van der Waals surface area contributed by atoms with Gasteiger partial charge in [0.1, 0.15) is 0 Å². The first-order valence-electron chi connectivity index (χ1n) is 5.48. The number of piperazine rings is 1. The Hall–Kier alpha value is -0.700. The summed E-state index contributed by atoms with van der Waals surface area (Å²) in [5, 5.41) is 17.2. The van der Waals surface area contributed by atoms with Gasteiger partial charge >= 0.3 is 5.97 Å². The number of carboxylic acids is 1. The van der Waals surface area contributed by atoms with Crippen LogP contribution in [0.4, 0.5) is 0 Å². The number of β-amino-alcohol motifs (C(OH)–C–C–N with tert-alkyl or cyclic N) is 1. The number of hydrogen-bond acceptors (Lipinski definition) is 5. The van der Waals surface area contributed by atoms with E-state index in [2.05, 4.69) is 0 Å². The van der Waals surface area contributed by atoms with Gasteiger partial charge in [-0.3, -0.25) is 9.69 Å². The molecule has 1 saturated heterocycles. The number of aliphatic carboxylic acids is 1. The molecule has 0 aromatic carbocycles. The molecule has 1 heterocycles. The molecular weight excluding hydrogens is 248 g/mol. The van der Waals surface area contributed by atoms with E-state index in [1.807, 2.05) is 4.90 Å². The predicted molar refractivity (Wildman–Crippen MR) is 61.1 cm³/mol. The molecule has 1 aliphatic heterocycles. The van der Waals surface area contributed by atoms with Crippen LogP contribution in [0.3, 0.4) is 0 Å². The summed E-state index contributed by atoms with van der Waals surface area (Å²) in [6, 6.07) is 0. The van der Waals surface area contributed by atoms with Gasteiger partial charge in [0, 0.05) is 32.7 Å². The Bertz CT molecular complexity index is 348. The lowest BCUT2D eigenvalue weighted by atomic mass is 10.4. The average molecular weight is 266 g/mol. The van der Waals surface area contributed by atoms with Gasteiger partial charge in [0.25, 0.3) is 0 Å². The molecule has 7 nitrogen and oxygen atoms in total. The van der Waals surface area contributed by atoms with Crippen LogP contribution in [0.5, 0.6) is 0 Å². The summed E-state index contributed by atoms with van der Waals surface area (Å²) >= 11 is 0. The van der Waals surface area contributed by atoms with Crippen LogP contribution in [-0.2, 0) is 14.8 Å². The van der Waals surface area contributed by atoms with Gasteiger partial charge in [0.05, 0.1) is 18.8 Å². The summed E-state index contributed by atoms with van der Waals surface area (Å²) in [4.78, 5) is 12.3. The van der Waals surface area contributed by atoms with E-state index in [0.29, 0.717) is 32.7 Å². The zero-order chi connectivity index (χ0) is 12.9. The molecule has 8 heteroatoms. The first-order valence-corrected chi connectivity index (χ1v) is 7.09. The Morgan fingerprint density at radius 2 is 1.76 bits per heavy atom. The lowest BCUT2D eigenvalue weighted by molar-refractivity contribution is -0.136. The van der Waals surface area contributed by atoms with Gasteiger partial charge < -0.3 is 10.2 Å². The molecular formula is C9H18N2O5S. The molecule has 1 rings (SSSR count). The number of rotatable bonds is 6. The fourth-order valence-electron chi connectivity index (χ4n) is 1.72. The third-order valence-corrected chi connectivity index (χ3v) is 4.59. The Labute approximate surface area is 101 Å². The third kappa shape index (κ3) is 4.58. The fourth-order valence-corrected chi connectivity index (χ4v) is 3.13. The second kappa shape index (κ2) is 6.29. The minimum Gasteiger partial charge on any atom is -0.481 e. The summed E-state index contributed by atoms with van der Waals surface area (Å²) in [6.07, 6.45) is -0.362. The van der Waals surface area contributed by atoms with Gasteiger partial charge in [-0.2, -0.15) is 4.31 Å². The van der Waals surface area contributed by atoms with Crippen LogP contribution in [-0.4, -0.2) is 78.9 Å². The Kier molecular flexibility index (Phi) is 5.31. The smallest absolute Gasteiger partial charge is 0.304 e. The van der Waals surface area contributed by atoms with Crippen molar-refractivity contribution in [2.75, 3.05) is 45.1 Å². The maximum Gasteiger partial charge on any atom is 0.304 e. The molecule has 0 radical (unpaired) electrons. The highest BCUT2D eigenvalue weighted by Gasteiger charge is 2.26. The second-order valence-electron chi connectivity index (χ2n) is 3.92.